The summed E-state index contributed by atoms with van der Waals surface area (Å²) in [6, 6.07) is -2.61. The highest BCUT2D eigenvalue weighted by atomic mass is 31.2. The molecule has 8 N–H and O–H groups in total. The van der Waals surface area contributed by atoms with Crippen LogP contribution in [0.25, 0.3) is 0 Å². The summed E-state index contributed by atoms with van der Waals surface area (Å²) >= 11 is 0. The first-order valence-corrected chi connectivity index (χ1v) is 19.6. The summed E-state index contributed by atoms with van der Waals surface area (Å²) in [5.74, 6) is -6.53. The lowest BCUT2D eigenvalue weighted by Gasteiger charge is -2.26. The molecule has 0 bridgehead atoms. The lowest BCUT2D eigenvalue weighted by molar-refractivity contribution is -0.138. The van der Waals surface area contributed by atoms with E-state index in [0.29, 0.717) is 32.0 Å². The summed E-state index contributed by atoms with van der Waals surface area (Å²) < 4.78 is 26.2. The predicted octanol–water partition coefficient (Wildman–Crippen LogP) is 0.166. The number of rotatable bonds is 30. The molecule has 1 heterocycles. The zero-order valence-electron chi connectivity index (χ0n) is 31.9. The zero-order valence-corrected chi connectivity index (χ0v) is 32.8. The van der Waals surface area contributed by atoms with Gasteiger partial charge in [-0.2, -0.15) is 0 Å². The number of phosphoric acid groups is 1. The first-order valence-electron chi connectivity index (χ1n) is 18.0. The summed E-state index contributed by atoms with van der Waals surface area (Å²) in [7, 11) is -3.51. The van der Waals surface area contributed by atoms with E-state index >= 15 is 0 Å². The molecule has 4 amide bonds. The van der Waals surface area contributed by atoms with E-state index in [1.165, 1.54) is 24.4 Å². The average molecular weight is 791 g/mol. The van der Waals surface area contributed by atoms with Crippen molar-refractivity contribution in [2.75, 3.05) is 46.6 Å². The molecule has 54 heavy (non-hydrogen) atoms. The second-order valence-electron chi connectivity index (χ2n) is 13.5. The number of H-pyrrole nitrogens is 1. The Labute approximate surface area is 316 Å². The number of unbranched alkanes of at least 4 members (excludes halogenated alkanes) is 2. The highest BCUT2D eigenvalue weighted by molar-refractivity contribution is 7.46. The van der Waals surface area contributed by atoms with Gasteiger partial charge in [0.2, 0.25) is 23.6 Å². The molecule has 5 atom stereocenters. The number of nitrogens with zero attached hydrogens (tertiary/aromatic N) is 2. The number of ether oxygens (including phenoxy) is 2. The average Bonchev–Trinajstić information content (AvgIpc) is 3.60. The molecule has 0 aliphatic rings. The van der Waals surface area contributed by atoms with Gasteiger partial charge in [0.1, 0.15) is 11.9 Å². The number of carbonyl (C=O) groups is 6. The molecule has 20 heteroatoms. The van der Waals surface area contributed by atoms with Crippen molar-refractivity contribution in [1.29, 1.82) is 0 Å². The van der Waals surface area contributed by atoms with Crippen LogP contribution < -0.4 is 16.4 Å². The van der Waals surface area contributed by atoms with Crippen LogP contribution in [-0.4, -0.2) is 130 Å². The number of aliphatic hydroxyl groups is 1. The van der Waals surface area contributed by atoms with Gasteiger partial charge >= 0.3 is 7.82 Å². The third-order valence-corrected chi connectivity index (χ3v) is 9.01. The molecule has 0 aliphatic heterocycles. The predicted molar refractivity (Wildman–Crippen MR) is 194 cm³/mol. The molecule has 0 saturated heterocycles. The monoisotopic (exact) mass is 790 g/mol. The van der Waals surface area contributed by atoms with Gasteiger partial charge in [-0.25, -0.2) is 9.55 Å². The van der Waals surface area contributed by atoms with Crippen molar-refractivity contribution in [2.24, 2.45) is 23.5 Å². The van der Waals surface area contributed by atoms with Crippen LogP contribution in [0.15, 0.2) is 12.4 Å². The van der Waals surface area contributed by atoms with E-state index in [1.54, 1.807) is 0 Å². The van der Waals surface area contributed by atoms with Crippen molar-refractivity contribution in [3.63, 3.8) is 0 Å². The number of aromatic amines is 1. The van der Waals surface area contributed by atoms with Gasteiger partial charge in [0.25, 0.3) is 0 Å². The largest absolute Gasteiger partial charge is 0.469 e. The van der Waals surface area contributed by atoms with Crippen molar-refractivity contribution in [3.05, 3.63) is 18.2 Å². The maximum atomic E-state index is 13.8. The number of imidazole rings is 1. The first kappa shape index (κ1) is 48.4. The Kier molecular flexibility index (Phi) is 22.9. The number of methoxy groups -OCH3 is 1. The number of aromatic nitrogens is 2. The molecule has 0 unspecified atom stereocenters. The van der Waals surface area contributed by atoms with Crippen LogP contribution >= 0.6 is 7.82 Å². The molecule has 308 valence electrons. The number of primary amides is 1. The fraction of sp³-hybridized carbons (Fsp3) is 0.735. The molecule has 1 rings (SSSR count). The standard InChI is InChI=1S/C34H59N6O13P/c1-6-7-8-12-40(32(45)9-13-52-15-14-51-5)20-31(44)38-26(16-22(2)3)28(42)17-24(18-30-36-10-11-37-30)34(47)39-27(21-41)29(43)19-25(33(35)46)23(4)53-54(48,49)50/h10-11,22-27,41H,6-9,12-21H2,1-5H3,(H2,35,46)(H,36,37)(H,38,44)(H,39,47)(H2,48,49,50)/t23-,24+,25+,26+,27+/m1/s1. The minimum Gasteiger partial charge on any atom is -0.394 e. The van der Waals surface area contributed by atoms with Gasteiger partial charge in [0.15, 0.2) is 11.6 Å². The third-order valence-electron chi connectivity index (χ3n) is 8.40. The molecular formula is C34H59N6O13P. The zero-order chi connectivity index (χ0) is 40.8. The van der Waals surface area contributed by atoms with Crippen LogP contribution in [0.2, 0.25) is 0 Å². The maximum absolute atomic E-state index is 13.8. The minimum absolute atomic E-state index is 0.0573. The summed E-state index contributed by atoms with van der Waals surface area (Å²) in [5, 5.41) is 15.2. The first-order chi connectivity index (χ1) is 25.4. The lowest BCUT2D eigenvalue weighted by atomic mass is 9.90. The number of phosphoric ester groups is 1. The highest BCUT2D eigenvalue weighted by Gasteiger charge is 2.35. The molecule has 1 aromatic heterocycles. The number of nitrogens with two attached hydrogens (primary N) is 1. The Bertz CT molecular complexity index is 1370. The molecule has 0 aliphatic carbocycles. The topological polar surface area (TPSA) is 290 Å². The van der Waals surface area contributed by atoms with Crippen LogP contribution in [0.5, 0.6) is 0 Å². The van der Waals surface area contributed by atoms with Gasteiger partial charge in [-0.3, -0.25) is 33.3 Å². The number of amides is 4. The van der Waals surface area contributed by atoms with E-state index < -0.39 is 86.6 Å². The van der Waals surface area contributed by atoms with Crippen LogP contribution in [0.1, 0.15) is 78.5 Å². The van der Waals surface area contributed by atoms with Crippen molar-refractivity contribution in [1.82, 2.24) is 25.5 Å². The van der Waals surface area contributed by atoms with Crippen LogP contribution in [0.3, 0.4) is 0 Å². The number of nitrogens with one attached hydrogen (secondary N) is 3. The van der Waals surface area contributed by atoms with Crippen LogP contribution in [0.4, 0.5) is 0 Å². The molecule has 0 saturated carbocycles. The van der Waals surface area contributed by atoms with Gasteiger partial charge in [0.05, 0.1) is 63.4 Å². The van der Waals surface area contributed by atoms with E-state index in [9.17, 15) is 38.4 Å². The van der Waals surface area contributed by atoms with Crippen LogP contribution in [-0.2, 0) is 53.8 Å². The lowest BCUT2D eigenvalue weighted by Crippen LogP contribution is -2.50. The number of hydrogen-bond acceptors (Lipinski definition) is 12. The van der Waals surface area contributed by atoms with Crippen LogP contribution in [0, 0.1) is 17.8 Å². The van der Waals surface area contributed by atoms with Gasteiger partial charge in [-0.05, 0) is 25.7 Å². The minimum atomic E-state index is -5.05. The van der Waals surface area contributed by atoms with Crippen molar-refractivity contribution in [3.8, 4) is 0 Å². The number of Topliss-reactive ketones (excluding diaryl/α,β-unsaturated/α-hetero) is 2. The second-order valence-corrected chi connectivity index (χ2v) is 14.7. The van der Waals surface area contributed by atoms with E-state index in [4.69, 9.17) is 25.0 Å². The number of hydrogen-bond donors (Lipinski definition) is 7. The molecule has 19 nitrogen and oxygen atoms in total. The molecule has 0 radical (unpaired) electrons. The van der Waals surface area contributed by atoms with Crippen molar-refractivity contribution < 1.29 is 62.2 Å². The van der Waals surface area contributed by atoms with Gasteiger partial charge < -0.3 is 50.6 Å². The fourth-order valence-corrected chi connectivity index (χ4v) is 6.09. The molecule has 0 spiro atoms. The van der Waals surface area contributed by atoms with Gasteiger partial charge in [-0.15, -0.1) is 0 Å². The number of carbonyl (C=O) groups excluding carboxylic acids is 6. The van der Waals surface area contributed by atoms with E-state index in [1.807, 2.05) is 20.8 Å². The Morgan fingerprint density at radius 2 is 1.69 bits per heavy atom. The van der Waals surface area contributed by atoms with Crippen molar-refractivity contribution in [2.45, 2.75) is 97.2 Å². The van der Waals surface area contributed by atoms with E-state index in [0.717, 1.165) is 19.8 Å². The molecular weight excluding hydrogens is 731 g/mol. The summed E-state index contributed by atoms with van der Waals surface area (Å²) in [4.78, 5) is 106. The molecule has 0 fully saturated rings. The summed E-state index contributed by atoms with van der Waals surface area (Å²) in [6.07, 6.45) is 2.94. The van der Waals surface area contributed by atoms with Gasteiger partial charge in [0, 0.05) is 45.3 Å². The van der Waals surface area contributed by atoms with E-state index in [2.05, 4.69) is 25.1 Å². The highest BCUT2D eigenvalue weighted by Crippen LogP contribution is 2.39. The second kappa shape index (κ2) is 25.5. The SMILES string of the molecule is CCCCCN(CC(=O)N[C@@H](CC(C)C)C(=O)C[C@@H](Cc1ncc[nH]1)C(=O)N[C@@H](CO)C(=O)C[C@H](C(N)=O)[C@@H](C)OP(=O)(O)O)C(=O)CCOCCOC. The third kappa shape index (κ3) is 19.7. The molecule has 0 aromatic carbocycles. The Hall–Kier alpha value is -3.58. The fourth-order valence-electron chi connectivity index (χ4n) is 5.51. The Balaban J connectivity index is 3.16. The molecule has 1 aromatic rings. The quantitative estimate of drug-likeness (QED) is 0.0404. The number of aliphatic hydroxyl groups excluding tert-OH is 1. The van der Waals surface area contributed by atoms with Gasteiger partial charge in [-0.1, -0.05) is 33.6 Å². The summed E-state index contributed by atoms with van der Waals surface area (Å²) in [5.41, 5.74) is 5.35. The van der Waals surface area contributed by atoms with Crippen molar-refractivity contribution >= 4 is 43.0 Å². The Morgan fingerprint density at radius 1 is 1.00 bits per heavy atom. The van der Waals surface area contributed by atoms with E-state index in [-0.39, 0.29) is 44.2 Å². The maximum Gasteiger partial charge on any atom is 0.469 e. The summed E-state index contributed by atoms with van der Waals surface area (Å²) in [6.45, 7) is 6.84. The number of ketones is 2. The smallest absolute Gasteiger partial charge is 0.394 e. The Morgan fingerprint density at radius 3 is 2.24 bits per heavy atom. The normalized spacial score (nSPS) is 14.5.